The lowest BCUT2D eigenvalue weighted by atomic mass is 10.1. The summed E-state index contributed by atoms with van der Waals surface area (Å²) in [5.41, 5.74) is -0.0833. The molecule has 1 rings (SSSR count). The van der Waals surface area contributed by atoms with Crippen LogP contribution in [0.5, 0.6) is 11.5 Å². The summed E-state index contributed by atoms with van der Waals surface area (Å²) in [5, 5.41) is 11.7. The fourth-order valence-electron chi connectivity index (χ4n) is 1.95. The maximum Gasteiger partial charge on any atom is 0.387 e. The number of ether oxygens (including phenoxy) is 3. The van der Waals surface area contributed by atoms with E-state index < -0.39 is 12.5 Å². The molecule has 0 aliphatic carbocycles. The van der Waals surface area contributed by atoms with Gasteiger partial charge in [-0.1, -0.05) is 12.1 Å². The molecule has 0 aliphatic rings. The number of nitrogens with one attached hydrogen (secondary N) is 1. The van der Waals surface area contributed by atoms with E-state index in [4.69, 9.17) is 9.47 Å². The number of alkyl halides is 2. The van der Waals surface area contributed by atoms with Crippen molar-refractivity contribution in [3.8, 4) is 17.6 Å². The molecule has 1 amide bonds. The number of amides is 1. The van der Waals surface area contributed by atoms with Crippen LogP contribution in [0.25, 0.3) is 6.08 Å². The molecule has 136 valence electrons. The third-order valence-corrected chi connectivity index (χ3v) is 2.99. The fraction of sp³-hybridized carbons (Fsp3) is 0.412. The second-order valence-electron chi connectivity index (χ2n) is 4.76. The lowest BCUT2D eigenvalue weighted by Crippen LogP contribution is -2.26. The Balaban J connectivity index is 3.07. The molecule has 0 unspecified atom stereocenters. The van der Waals surface area contributed by atoms with Crippen LogP contribution < -0.4 is 14.8 Å². The van der Waals surface area contributed by atoms with Crippen LogP contribution in [0.4, 0.5) is 8.78 Å². The van der Waals surface area contributed by atoms with E-state index in [1.165, 1.54) is 18.2 Å². The summed E-state index contributed by atoms with van der Waals surface area (Å²) in [6, 6.07) is 6.24. The maximum absolute atomic E-state index is 12.7. The third kappa shape index (κ3) is 6.77. The van der Waals surface area contributed by atoms with Crippen molar-refractivity contribution in [1.82, 2.24) is 5.32 Å². The van der Waals surface area contributed by atoms with Gasteiger partial charge in [-0.25, -0.2) is 0 Å². The molecule has 25 heavy (non-hydrogen) atoms. The molecule has 1 aromatic carbocycles. The molecular weight excluding hydrogens is 334 g/mol. The van der Waals surface area contributed by atoms with Gasteiger partial charge in [0.05, 0.1) is 6.61 Å². The summed E-state index contributed by atoms with van der Waals surface area (Å²) in [6.07, 6.45) is 1.77. The van der Waals surface area contributed by atoms with Gasteiger partial charge in [-0.15, -0.1) is 0 Å². The van der Waals surface area contributed by atoms with Gasteiger partial charge in [0, 0.05) is 25.8 Å². The highest BCUT2D eigenvalue weighted by molar-refractivity contribution is 6.02. The smallest absolute Gasteiger partial charge is 0.387 e. The average Bonchev–Trinajstić information content (AvgIpc) is 2.58. The van der Waals surface area contributed by atoms with Crippen molar-refractivity contribution in [2.24, 2.45) is 0 Å². The summed E-state index contributed by atoms with van der Waals surface area (Å²) < 4.78 is 40.0. The second-order valence-corrected chi connectivity index (χ2v) is 4.76. The van der Waals surface area contributed by atoms with Crippen LogP contribution in [-0.4, -0.2) is 39.4 Å². The number of carbonyl (C=O) groups excluding carboxylic acids is 1. The summed E-state index contributed by atoms with van der Waals surface area (Å²) in [4.78, 5) is 12.0. The number of hydrogen-bond acceptors (Lipinski definition) is 5. The molecule has 0 fully saturated rings. The second kappa shape index (κ2) is 11.0. The van der Waals surface area contributed by atoms with E-state index in [0.29, 0.717) is 19.6 Å². The number of methoxy groups -OCH3 is 1. The van der Waals surface area contributed by atoms with E-state index in [2.05, 4.69) is 10.1 Å². The number of rotatable bonds is 10. The normalized spacial score (nSPS) is 11.1. The predicted octanol–water partition coefficient (Wildman–Crippen LogP) is 2.75. The van der Waals surface area contributed by atoms with Crippen LogP contribution in [-0.2, 0) is 9.53 Å². The highest BCUT2D eigenvalue weighted by atomic mass is 19.3. The Bertz CT molecular complexity index is 642. The molecule has 1 aromatic rings. The van der Waals surface area contributed by atoms with Crippen molar-refractivity contribution >= 4 is 12.0 Å². The Hall–Kier alpha value is -2.66. The molecule has 0 aliphatic heterocycles. The van der Waals surface area contributed by atoms with Gasteiger partial charge in [-0.3, -0.25) is 4.79 Å². The zero-order valence-corrected chi connectivity index (χ0v) is 14.1. The maximum atomic E-state index is 12.7. The van der Waals surface area contributed by atoms with Crippen molar-refractivity contribution in [2.45, 2.75) is 20.0 Å². The first kappa shape index (κ1) is 20.4. The largest absolute Gasteiger partial charge is 0.490 e. The number of carbonyl (C=O) groups is 1. The highest BCUT2D eigenvalue weighted by Crippen LogP contribution is 2.34. The van der Waals surface area contributed by atoms with Gasteiger partial charge in [0.25, 0.3) is 5.91 Å². The molecule has 8 heteroatoms. The first-order chi connectivity index (χ1) is 12.0. The summed E-state index contributed by atoms with van der Waals surface area (Å²) in [6.45, 7) is -0.331. The van der Waals surface area contributed by atoms with Gasteiger partial charge >= 0.3 is 6.61 Å². The number of benzene rings is 1. The summed E-state index contributed by atoms with van der Waals surface area (Å²) >= 11 is 0. The number of hydrogen-bond donors (Lipinski definition) is 1. The van der Waals surface area contributed by atoms with Gasteiger partial charge in [0.1, 0.15) is 11.6 Å². The molecule has 0 radical (unpaired) electrons. The average molecular weight is 354 g/mol. The number of halogens is 2. The van der Waals surface area contributed by atoms with Crippen LogP contribution in [0, 0.1) is 11.3 Å². The summed E-state index contributed by atoms with van der Waals surface area (Å²) in [7, 11) is 1.54. The Labute approximate surface area is 145 Å². The zero-order valence-electron chi connectivity index (χ0n) is 14.1. The van der Waals surface area contributed by atoms with Crippen molar-refractivity contribution in [3.63, 3.8) is 0 Å². The van der Waals surface area contributed by atoms with Crippen LogP contribution in [0.2, 0.25) is 0 Å². The van der Waals surface area contributed by atoms with E-state index in [9.17, 15) is 18.8 Å². The van der Waals surface area contributed by atoms with Crippen molar-refractivity contribution in [3.05, 3.63) is 29.3 Å². The first-order valence-corrected chi connectivity index (χ1v) is 7.63. The van der Waals surface area contributed by atoms with E-state index >= 15 is 0 Å². The third-order valence-electron chi connectivity index (χ3n) is 2.99. The van der Waals surface area contributed by atoms with Crippen molar-refractivity contribution < 1.29 is 27.8 Å². The monoisotopic (exact) mass is 354 g/mol. The SMILES string of the molecule is CCOc1cccc(/C=C(\C#N)C(=O)NCCCOC)c1OC(F)F. The van der Waals surface area contributed by atoms with E-state index in [1.807, 2.05) is 0 Å². The Kier molecular flexibility index (Phi) is 8.96. The Morgan fingerprint density at radius 2 is 2.20 bits per heavy atom. The molecule has 0 spiro atoms. The van der Waals surface area contributed by atoms with Crippen LogP contribution in [0.15, 0.2) is 23.8 Å². The van der Waals surface area contributed by atoms with Gasteiger partial charge in [0.2, 0.25) is 0 Å². The molecule has 1 N–H and O–H groups in total. The van der Waals surface area contributed by atoms with Crippen LogP contribution in [0.3, 0.4) is 0 Å². The quantitative estimate of drug-likeness (QED) is 0.397. The molecule has 0 saturated heterocycles. The molecule has 0 bridgehead atoms. The van der Waals surface area contributed by atoms with Crippen molar-refractivity contribution in [1.29, 1.82) is 5.26 Å². The standard InChI is InChI=1S/C17H20F2N2O4/c1-3-24-14-7-4-6-12(15(14)25-17(18)19)10-13(11-20)16(22)21-8-5-9-23-2/h4,6-7,10,17H,3,5,8-9H2,1-2H3,(H,21,22)/b13-10+. The van der Waals surface area contributed by atoms with E-state index in [1.54, 1.807) is 26.2 Å². The molecule has 0 heterocycles. The minimum atomic E-state index is -3.07. The number of para-hydroxylation sites is 1. The summed E-state index contributed by atoms with van der Waals surface area (Å²) in [5.74, 6) is -0.725. The van der Waals surface area contributed by atoms with Crippen molar-refractivity contribution in [2.75, 3.05) is 26.9 Å². The van der Waals surface area contributed by atoms with E-state index in [-0.39, 0.29) is 29.2 Å². The van der Waals surface area contributed by atoms with Gasteiger partial charge in [-0.05, 0) is 25.5 Å². The lowest BCUT2D eigenvalue weighted by molar-refractivity contribution is -0.117. The number of nitriles is 1. The van der Waals surface area contributed by atoms with Gasteiger partial charge in [-0.2, -0.15) is 14.0 Å². The highest BCUT2D eigenvalue weighted by Gasteiger charge is 2.17. The molecule has 0 aromatic heterocycles. The number of nitrogens with zero attached hydrogens (tertiary/aromatic N) is 1. The van der Waals surface area contributed by atoms with Gasteiger partial charge < -0.3 is 19.5 Å². The Morgan fingerprint density at radius 1 is 1.44 bits per heavy atom. The Morgan fingerprint density at radius 3 is 2.80 bits per heavy atom. The molecule has 6 nitrogen and oxygen atoms in total. The molecule has 0 saturated carbocycles. The molecular formula is C17H20F2N2O4. The minimum Gasteiger partial charge on any atom is -0.490 e. The zero-order chi connectivity index (χ0) is 18.7. The minimum absolute atomic E-state index is 0.106. The predicted molar refractivity (Wildman–Crippen MR) is 87.3 cm³/mol. The fourth-order valence-corrected chi connectivity index (χ4v) is 1.95. The first-order valence-electron chi connectivity index (χ1n) is 7.63. The topological polar surface area (TPSA) is 80.6 Å². The van der Waals surface area contributed by atoms with Gasteiger partial charge in [0.15, 0.2) is 11.5 Å². The molecule has 0 atom stereocenters. The van der Waals surface area contributed by atoms with Crippen LogP contribution in [0.1, 0.15) is 18.9 Å². The van der Waals surface area contributed by atoms with Crippen LogP contribution >= 0.6 is 0 Å². The van der Waals surface area contributed by atoms with E-state index in [0.717, 1.165) is 0 Å². The lowest BCUT2D eigenvalue weighted by Gasteiger charge is -2.14.